The first kappa shape index (κ1) is 14.8. The lowest BCUT2D eigenvalue weighted by molar-refractivity contribution is -0.125. The van der Waals surface area contributed by atoms with E-state index in [4.69, 9.17) is 0 Å². The van der Waals surface area contributed by atoms with Gasteiger partial charge < -0.3 is 10.6 Å². The Kier molecular flexibility index (Phi) is 4.24. The summed E-state index contributed by atoms with van der Waals surface area (Å²) in [4.78, 5) is 12.5. The zero-order valence-electron chi connectivity index (χ0n) is 13.0. The Balaban J connectivity index is 1.64. The van der Waals surface area contributed by atoms with Gasteiger partial charge in [0.1, 0.15) is 0 Å². The Morgan fingerprint density at radius 1 is 1.45 bits per heavy atom. The van der Waals surface area contributed by atoms with Gasteiger partial charge in [-0.2, -0.15) is 5.10 Å². The molecule has 1 aliphatic heterocycles. The van der Waals surface area contributed by atoms with Crippen LogP contribution >= 0.6 is 0 Å². The van der Waals surface area contributed by atoms with Crippen molar-refractivity contribution in [1.82, 2.24) is 20.4 Å². The minimum Gasteiger partial charge on any atom is -0.352 e. The van der Waals surface area contributed by atoms with Crippen molar-refractivity contribution < 1.29 is 4.79 Å². The summed E-state index contributed by atoms with van der Waals surface area (Å²) in [6, 6.07) is 8.22. The number of carbonyl (C=O) groups is 1. The van der Waals surface area contributed by atoms with Gasteiger partial charge in [-0.15, -0.1) is 0 Å². The van der Waals surface area contributed by atoms with Gasteiger partial charge in [-0.05, 0) is 18.1 Å². The number of nitrogens with zero attached hydrogens (tertiary/aromatic N) is 2. The molecular weight excluding hydrogens is 276 g/mol. The van der Waals surface area contributed by atoms with Gasteiger partial charge >= 0.3 is 0 Å². The van der Waals surface area contributed by atoms with E-state index in [2.05, 4.69) is 34.8 Å². The van der Waals surface area contributed by atoms with Gasteiger partial charge in [-0.3, -0.25) is 9.48 Å². The van der Waals surface area contributed by atoms with Crippen LogP contribution in [-0.2, 0) is 18.4 Å². The first-order valence-corrected chi connectivity index (χ1v) is 7.66. The Morgan fingerprint density at radius 3 is 3.05 bits per heavy atom. The first-order chi connectivity index (χ1) is 10.6. The summed E-state index contributed by atoms with van der Waals surface area (Å²) < 4.78 is 1.79. The molecular formula is C17H22N4O. The lowest BCUT2D eigenvalue weighted by Gasteiger charge is -2.17. The van der Waals surface area contributed by atoms with Crippen molar-refractivity contribution in [2.24, 2.45) is 13.0 Å². The molecule has 2 heterocycles. The molecule has 1 aromatic carbocycles. The number of aromatic nitrogens is 2. The SMILES string of the molecule is Cc1cccc(CNC(=O)[C@H]2CNC[C@@H]2c2cnn(C)c2)c1. The number of aryl methyl sites for hydroxylation is 2. The van der Waals surface area contributed by atoms with E-state index in [1.54, 1.807) is 4.68 Å². The zero-order valence-corrected chi connectivity index (χ0v) is 13.0. The largest absolute Gasteiger partial charge is 0.352 e. The lowest BCUT2D eigenvalue weighted by Crippen LogP contribution is -2.33. The number of rotatable bonds is 4. The van der Waals surface area contributed by atoms with E-state index in [0.717, 1.165) is 24.2 Å². The molecule has 1 aliphatic rings. The zero-order chi connectivity index (χ0) is 15.5. The van der Waals surface area contributed by atoms with E-state index in [-0.39, 0.29) is 17.7 Å². The molecule has 116 valence electrons. The maximum Gasteiger partial charge on any atom is 0.225 e. The average molecular weight is 298 g/mol. The van der Waals surface area contributed by atoms with Crippen LogP contribution in [0.5, 0.6) is 0 Å². The van der Waals surface area contributed by atoms with Crippen molar-refractivity contribution in [2.75, 3.05) is 13.1 Å². The monoisotopic (exact) mass is 298 g/mol. The summed E-state index contributed by atoms with van der Waals surface area (Å²) in [7, 11) is 1.90. The molecule has 3 rings (SSSR count). The normalized spacial score (nSPS) is 21.0. The van der Waals surface area contributed by atoms with Crippen LogP contribution in [0, 0.1) is 12.8 Å². The minimum atomic E-state index is -0.0333. The molecule has 1 fully saturated rings. The molecule has 2 atom stereocenters. The molecule has 0 spiro atoms. The summed E-state index contributed by atoms with van der Waals surface area (Å²) in [6.07, 6.45) is 3.86. The van der Waals surface area contributed by atoms with Crippen molar-refractivity contribution in [2.45, 2.75) is 19.4 Å². The third-order valence-electron chi connectivity index (χ3n) is 4.25. The van der Waals surface area contributed by atoms with E-state index in [1.165, 1.54) is 5.56 Å². The molecule has 0 saturated carbocycles. The van der Waals surface area contributed by atoms with Crippen LogP contribution in [0.4, 0.5) is 0 Å². The van der Waals surface area contributed by atoms with Crippen LogP contribution in [0.1, 0.15) is 22.6 Å². The van der Waals surface area contributed by atoms with E-state index in [9.17, 15) is 4.79 Å². The van der Waals surface area contributed by atoms with Gasteiger partial charge in [-0.25, -0.2) is 0 Å². The average Bonchev–Trinajstić information content (AvgIpc) is 3.13. The summed E-state index contributed by atoms with van der Waals surface area (Å²) in [6.45, 7) is 4.19. The van der Waals surface area contributed by atoms with Crippen LogP contribution in [0.2, 0.25) is 0 Å². The predicted octanol–water partition coefficient (Wildman–Crippen LogP) is 1.35. The fourth-order valence-corrected chi connectivity index (χ4v) is 3.08. The van der Waals surface area contributed by atoms with Crippen LogP contribution in [0.25, 0.3) is 0 Å². The minimum absolute atomic E-state index is 0.0333. The highest BCUT2D eigenvalue weighted by molar-refractivity contribution is 5.80. The van der Waals surface area contributed by atoms with E-state index in [1.807, 2.05) is 31.6 Å². The molecule has 2 aromatic rings. The Morgan fingerprint density at radius 2 is 2.32 bits per heavy atom. The van der Waals surface area contributed by atoms with Crippen molar-refractivity contribution >= 4 is 5.91 Å². The highest BCUT2D eigenvalue weighted by atomic mass is 16.1. The number of hydrogen-bond acceptors (Lipinski definition) is 3. The molecule has 1 aromatic heterocycles. The van der Waals surface area contributed by atoms with E-state index >= 15 is 0 Å². The number of benzene rings is 1. The Labute approximate surface area is 130 Å². The summed E-state index contributed by atoms with van der Waals surface area (Å²) in [5.74, 6) is 0.278. The third kappa shape index (κ3) is 3.20. The fourth-order valence-electron chi connectivity index (χ4n) is 3.08. The third-order valence-corrected chi connectivity index (χ3v) is 4.25. The summed E-state index contributed by atoms with van der Waals surface area (Å²) in [5, 5.41) is 10.6. The van der Waals surface area contributed by atoms with Gasteiger partial charge in [0, 0.05) is 38.8 Å². The standard InChI is InChI=1S/C17H22N4O/c1-12-4-3-5-13(6-12)7-19-17(22)16-10-18-9-15(16)14-8-20-21(2)11-14/h3-6,8,11,15-16,18H,7,9-10H2,1-2H3,(H,19,22)/t15-,16+/m1/s1. The van der Waals surface area contributed by atoms with Gasteiger partial charge in [0.2, 0.25) is 5.91 Å². The molecule has 1 amide bonds. The molecule has 0 radical (unpaired) electrons. The second-order valence-electron chi connectivity index (χ2n) is 6.03. The second-order valence-corrected chi connectivity index (χ2v) is 6.03. The first-order valence-electron chi connectivity index (χ1n) is 7.66. The maximum absolute atomic E-state index is 12.5. The topological polar surface area (TPSA) is 59.0 Å². The smallest absolute Gasteiger partial charge is 0.225 e. The van der Waals surface area contributed by atoms with E-state index in [0.29, 0.717) is 6.54 Å². The van der Waals surface area contributed by atoms with Crippen LogP contribution < -0.4 is 10.6 Å². The molecule has 0 unspecified atom stereocenters. The van der Waals surface area contributed by atoms with E-state index < -0.39 is 0 Å². The Bertz CT molecular complexity index is 664. The van der Waals surface area contributed by atoms with Gasteiger partial charge in [0.15, 0.2) is 0 Å². The summed E-state index contributed by atoms with van der Waals surface area (Å²) in [5.41, 5.74) is 3.47. The van der Waals surface area contributed by atoms with Crippen molar-refractivity contribution in [3.8, 4) is 0 Å². The highest BCUT2D eigenvalue weighted by Crippen LogP contribution is 2.27. The second kappa shape index (κ2) is 6.32. The van der Waals surface area contributed by atoms with Gasteiger partial charge in [0.05, 0.1) is 12.1 Å². The molecule has 0 aliphatic carbocycles. The fraction of sp³-hybridized carbons (Fsp3) is 0.412. The number of nitrogens with one attached hydrogen (secondary N) is 2. The highest BCUT2D eigenvalue weighted by Gasteiger charge is 2.34. The number of carbonyl (C=O) groups excluding carboxylic acids is 1. The van der Waals surface area contributed by atoms with Crippen LogP contribution in [0.3, 0.4) is 0 Å². The lowest BCUT2D eigenvalue weighted by atomic mass is 9.90. The Hall–Kier alpha value is -2.14. The quantitative estimate of drug-likeness (QED) is 0.896. The van der Waals surface area contributed by atoms with Crippen LogP contribution in [-0.4, -0.2) is 28.8 Å². The number of amides is 1. The predicted molar refractivity (Wildman–Crippen MR) is 85.3 cm³/mol. The molecule has 5 heteroatoms. The molecule has 0 bridgehead atoms. The molecule has 22 heavy (non-hydrogen) atoms. The number of hydrogen-bond donors (Lipinski definition) is 2. The molecule has 1 saturated heterocycles. The van der Waals surface area contributed by atoms with Crippen molar-refractivity contribution in [3.05, 3.63) is 53.3 Å². The molecule has 5 nitrogen and oxygen atoms in total. The maximum atomic E-state index is 12.5. The van der Waals surface area contributed by atoms with Crippen LogP contribution in [0.15, 0.2) is 36.7 Å². The van der Waals surface area contributed by atoms with Gasteiger partial charge in [-0.1, -0.05) is 29.8 Å². The van der Waals surface area contributed by atoms with Crippen molar-refractivity contribution in [1.29, 1.82) is 0 Å². The van der Waals surface area contributed by atoms with Gasteiger partial charge in [0.25, 0.3) is 0 Å². The molecule has 2 N–H and O–H groups in total. The van der Waals surface area contributed by atoms with Crippen molar-refractivity contribution in [3.63, 3.8) is 0 Å². The summed E-state index contributed by atoms with van der Waals surface area (Å²) >= 11 is 0.